The molecule has 0 radical (unpaired) electrons. The monoisotopic (exact) mass is 759 g/mol. The fourth-order valence-corrected chi connectivity index (χ4v) is 8.96. The van der Waals surface area contributed by atoms with Crippen molar-refractivity contribution < 1.29 is 46.6 Å². The number of cyclic esters (lactones) is 1. The van der Waals surface area contributed by atoms with Crippen molar-refractivity contribution >= 4 is 39.9 Å². The van der Waals surface area contributed by atoms with Crippen molar-refractivity contribution in [3.8, 4) is 5.75 Å². The molecule has 3 heterocycles. The molecule has 1 aromatic carbocycles. The van der Waals surface area contributed by atoms with Gasteiger partial charge in [-0.3, -0.25) is 24.0 Å². The molecule has 2 saturated carbocycles. The predicted octanol–water partition coefficient (Wildman–Crippen LogP) is 3.49. The second kappa shape index (κ2) is 15.3. The molecule has 3 fully saturated rings. The van der Waals surface area contributed by atoms with Crippen LogP contribution in [0.4, 0.5) is 9.59 Å². The second-order valence-corrected chi connectivity index (χ2v) is 18.1. The molecule has 1 saturated heterocycles. The molecule has 15 nitrogen and oxygen atoms in total. The molecular weight excluding hydrogens is 706 g/mol. The van der Waals surface area contributed by atoms with Crippen LogP contribution >= 0.6 is 0 Å². The topological polar surface area (TPSA) is 190 Å². The van der Waals surface area contributed by atoms with Gasteiger partial charge in [0.1, 0.15) is 29.5 Å². The molecule has 53 heavy (non-hydrogen) atoms. The lowest BCUT2D eigenvalue weighted by atomic mass is 9.85. The van der Waals surface area contributed by atoms with Crippen LogP contribution in [0.3, 0.4) is 0 Å². The van der Waals surface area contributed by atoms with Crippen molar-refractivity contribution in [2.75, 3.05) is 19.8 Å². The number of nitrogens with one attached hydrogen (secondary N) is 3. The third kappa shape index (κ3) is 8.68. The van der Waals surface area contributed by atoms with Crippen LogP contribution in [0.1, 0.15) is 103 Å². The first-order chi connectivity index (χ1) is 25.1. The van der Waals surface area contributed by atoms with Crippen molar-refractivity contribution in [3.05, 3.63) is 29.3 Å². The first-order valence-corrected chi connectivity index (χ1v) is 20.5. The number of hydrogen-bond acceptors (Lipinski definition) is 10. The number of fused-ring (bicyclic) bond motifs is 3. The minimum absolute atomic E-state index is 0.0748. The SMILES string of the molecule is CC[C@H]1C[C@@]1(NC(=O)C1C[C@@H]2CN1C(=O)[C@H](C(C)(C)C)NC(=O)OCCCCCCCOc1cccc3c1CN(C3)C(=O)O2)C(=O)NS(=O)(=O)C1CC1. The van der Waals surface area contributed by atoms with Crippen LogP contribution in [-0.4, -0.2) is 96.9 Å². The number of carbonyl (C=O) groups is 5. The van der Waals surface area contributed by atoms with Gasteiger partial charge in [0, 0.05) is 18.5 Å². The highest BCUT2D eigenvalue weighted by Crippen LogP contribution is 2.47. The molecule has 5 aliphatic rings. The summed E-state index contributed by atoms with van der Waals surface area (Å²) in [5, 5.41) is 4.89. The highest BCUT2D eigenvalue weighted by molar-refractivity contribution is 7.91. The molecule has 3 N–H and O–H groups in total. The Labute approximate surface area is 311 Å². The Kier molecular flexibility index (Phi) is 11.2. The summed E-state index contributed by atoms with van der Waals surface area (Å²) in [6.07, 6.45) is 3.56. The maximum absolute atomic E-state index is 14.4. The third-order valence-electron chi connectivity index (χ3n) is 11.0. The standard InChI is InChI=1S/C37H53N5O10S/c1-5-24-19-37(24,33(45)40-53(48,49)26-14-15-26)39-31(43)28-18-25-21-42(28)32(44)30(36(2,3)4)38-34(46)51-17-10-8-6-7-9-16-50-29-13-11-12-23-20-41(22-27(23)29)35(47)52-25/h11-13,24-26,28,30H,5-10,14-22H2,1-4H3,(H,38,46)(H,39,43)(H,40,45)/t24-,25+,28?,30+,37-/m0/s1. The lowest BCUT2D eigenvalue weighted by Gasteiger charge is -2.35. The fourth-order valence-electron chi connectivity index (χ4n) is 7.60. The van der Waals surface area contributed by atoms with Gasteiger partial charge in [-0.25, -0.2) is 18.0 Å². The Morgan fingerprint density at radius 1 is 1.00 bits per heavy atom. The minimum atomic E-state index is -3.88. The van der Waals surface area contributed by atoms with E-state index in [9.17, 15) is 32.4 Å². The molecule has 5 atom stereocenters. The van der Waals surface area contributed by atoms with E-state index in [2.05, 4.69) is 15.4 Å². The highest BCUT2D eigenvalue weighted by Gasteiger charge is 2.62. The first-order valence-electron chi connectivity index (χ1n) is 18.9. The molecule has 4 bridgehead atoms. The Morgan fingerprint density at radius 3 is 2.36 bits per heavy atom. The number of sulfonamides is 1. The largest absolute Gasteiger partial charge is 0.493 e. The molecule has 2 aliphatic carbocycles. The molecule has 3 aliphatic heterocycles. The van der Waals surface area contributed by atoms with Crippen molar-refractivity contribution in [2.45, 2.75) is 134 Å². The van der Waals surface area contributed by atoms with Crippen molar-refractivity contribution in [1.82, 2.24) is 25.2 Å². The summed E-state index contributed by atoms with van der Waals surface area (Å²) in [6.45, 7) is 8.33. The number of alkyl carbamates (subject to hydrolysis) is 1. The van der Waals surface area contributed by atoms with E-state index in [4.69, 9.17) is 14.2 Å². The maximum Gasteiger partial charge on any atom is 0.410 e. The Hall–Kier alpha value is -4.08. The van der Waals surface area contributed by atoms with Crippen molar-refractivity contribution in [3.63, 3.8) is 0 Å². The molecule has 1 unspecified atom stereocenters. The number of hydrogen-bond donors (Lipinski definition) is 3. The lowest BCUT2D eigenvalue weighted by Crippen LogP contribution is -2.60. The number of carbonyl (C=O) groups excluding carboxylic acids is 5. The summed E-state index contributed by atoms with van der Waals surface area (Å²) in [6, 6.07) is 3.42. The van der Waals surface area contributed by atoms with Gasteiger partial charge in [0.2, 0.25) is 21.8 Å². The van der Waals surface area contributed by atoms with Gasteiger partial charge in [-0.2, -0.15) is 0 Å². The zero-order valence-corrected chi connectivity index (χ0v) is 31.9. The van der Waals surface area contributed by atoms with Gasteiger partial charge < -0.3 is 29.7 Å². The summed E-state index contributed by atoms with van der Waals surface area (Å²) >= 11 is 0. The zero-order chi connectivity index (χ0) is 38.1. The normalized spacial score (nSPS) is 28.7. The van der Waals surface area contributed by atoms with E-state index < -0.39 is 74.3 Å². The smallest absolute Gasteiger partial charge is 0.410 e. The van der Waals surface area contributed by atoms with Crippen LogP contribution in [0.5, 0.6) is 5.75 Å². The van der Waals surface area contributed by atoms with E-state index in [1.54, 1.807) is 25.7 Å². The van der Waals surface area contributed by atoms with Crippen molar-refractivity contribution in [1.29, 1.82) is 0 Å². The summed E-state index contributed by atoms with van der Waals surface area (Å²) in [5.41, 5.74) is -0.423. The minimum Gasteiger partial charge on any atom is -0.493 e. The molecule has 292 valence electrons. The molecule has 6 rings (SSSR count). The van der Waals surface area contributed by atoms with Crippen LogP contribution in [-0.2, 0) is 47.0 Å². The van der Waals surface area contributed by atoms with Gasteiger partial charge in [0.15, 0.2) is 0 Å². The number of amides is 5. The number of benzene rings is 1. The van der Waals surface area contributed by atoms with Gasteiger partial charge in [0.05, 0.1) is 31.6 Å². The lowest BCUT2D eigenvalue weighted by molar-refractivity contribution is -0.143. The van der Waals surface area contributed by atoms with Crippen LogP contribution in [0, 0.1) is 11.3 Å². The van der Waals surface area contributed by atoms with Crippen LogP contribution in [0.15, 0.2) is 18.2 Å². The average molecular weight is 760 g/mol. The molecule has 0 spiro atoms. The number of ether oxygens (including phenoxy) is 3. The third-order valence-corrected chi connectivity index (χ3v) is 12.8. The Bertz CT molecular complexity index is 1710. The summed E-state index contributed by atoms with van der Waals surface area (Å²) in [7, 11) is -3.88. The van der Waals surface area contributed by atoms with Crippen LogP contribution < -0.4 is 20.1 Å². The Balaban J connectivity index is 1.25. The van der Waals surface area contributed by atoms with Gasteiger partial charge in [-0.1, -0.05) is 65.5 Å². The summed E-state index contributed by atoms with van der Waals surface area (Å²) in [5.74, 6) is -1.65. The second-order valence-electron chi connectivity index (χ2n) is 16.1. The maximum atomic E-state index is 14.4. The van der Waals surface area contributed by atoms with Gasteiger partial charge in [0.25, 0.3) is 5.91 Å². The van der Waals surface area contributed by atoms with E-state index in [1.165, 1.54) is 4.90 Å². The summed E-state index contributed by atoms with van der Waals surface area (Å²) < 4.78 is 45.1. The number of rotatable bonds is 6. The molecule has 5 amide bonds. The van der Waals surface area contributed by atoms with Crippen LogP contribution in [0.25, 0.3) is 0 Å². The molecule has 0 aromatic heterocycles. The van der Waals surface area contributed by atoms with Gasteiger partial charge in [-0.05, 0) is 55.1 Å². The Morgan fingerprint density at radius 2 is 1.70 bits per heavy atom. The molecular formula is C37H53N5O10S. The van der Waals surface area contributed by atoms with E-state index in [0.29, 0.717) is 38.8 Å². The predicted molar refractivity (Wildman–Crippen MR) is 192 cm³/mol. The zero-order valence-electron chi connectivity index (χ0n) is 31.1. The first kappa shape index (κ1) is 38.6. The molecule has 16 heteroatoms. The fraction of sp³-hybridized carbons (Fsp3) is 0.703. The number of nitrogens with zero attached hydrogens (tertiary/aromatic N) is 2. The van der Waals surface area contributed by atoms with E-state index in [0.717, 1.165) is 42.6 Å². The molecule has 1 aromatic rings. The van der Waals surface area contributed by atoms with E-state index >= 15 is 0 Å². The van der Waals surface area contributed by atoms with Gasteiger partial charge in [-0.15, -0.1) is 0 Å². The van der Waals surface area contributed by atoms with Gasteiger partial charge >= 0.3 is 12.2 Å². The quantitative estimate of drug-likeness (QED) is 0.387. The summed E-state index contributed by atoms with van der Waals surface area (Å²) in [4.78, 5) is 71.6. The van der Waals surface area contributed by atoms with E-state index in [-0.39, 0.29) is 38.5 Å². The average Bonchev–Trinajstić information content (AvgIpc) is 3.99. The van der Waals surface area contributed by atoms with E-state index in [1.807, 2.05) is 25.1 Å². The van der Waals surface area contributed by atoms with Crippen molar-refractivity contribution in [2.24, 2.45) is 11.3 Å². The highest BCUT2D eigenvalue weighted by atomic mass is 32.2. The van der Waals surface area contributed by atoms with Crippen LogP contribution in [0.2, 0.25) is 0 Å².